The Morgan fingerprint density at radius 1 is 1.12 bits per heavy atom. The zero-order chi connectivity index (χ0) is 17.6. The van der Waals surface area contributed by atoms with E-state index in [0.29, 0.717) is 11.6 Å². The molecule has 6 nitrogen and oxygen atoms in total. The number of carbonyl (C=O) groups is 1. The summed E-state index contributed by atoms with van der Waals surface area (Å²) >= 11 is 0. The lowest BCUT2D eigenvalue weighted by molar-refractivity contribution is 0.0593. The molecule has 0 saturated carbocycles. The Morgan fingerprint density at radius 2 is 1.84 bits per heavy atom. The van der Waals surface area contributed by atoms with Crippen molar-refractivity contribution in [3.05, 3.63) is 53.3 Å². The highest BCUT2D eigenvalue weighted by Gasteiger charge is 2.20. The van der Waals surface area contributed by atoms with Gasteiger partial charge in [-0.3, -0.25) is 4.90 Å². The van der Waals surface area contributed by atoms with Gasteiger partial charge < -0.3 is 9.64 Å². The number of ether oxygens (including phenoxy) is 1. The fourth-order valence-corrected chi connectivity index (χ4v) is 3.01. The van der Waals surface area contributed by atoms with Crippen LogP contribution in [0, 0.1) is 6.92 Å². The van der Waals surface area contributed by atoms with Crippen LogP contribution in [0.4, 0.5) is 5.95 Å². The smallest absolute Gasteiger partial charge is 0.356 e. The number of aromatic nitrogens is 2. The molecule has 1 saturated heterocycles. The average Bonchev–Trinajstić information content (AvgIpc) is 2.66. The lowest BCUT2D eigenvalue weighted by Gasteiger charge is -2.34. The van der Waals surface area contributed by atoms with Crippen LogP contribution < -0.4 is 4.90 Å². The lowest BCUT2D eigenvalue weighted by Crippen LogP contribution is -2.47. The normalized spacial score (nSPS) is 15.2. The number of methoxy groups -OCH3 is 1. The average molecular weight is 340 g/mol. The van der Waals surface area contributed by atoms with E-state index < -0.39 is 5.97 Å². The predicted octanol–water partition coefficient (Wildman–Crippen LogP) is 1.94. The third-order valence-electron chi connectivity index (χ3n) is 4.45. The van der Waals surface area contributed by atoms with Crippen molar-refractivity contribution in [2.24, 2.45) is 0 Å². The molecule has 1 aromatic heterocycles. The van der Waals surface area contributed by atoms with Gasteiger partial charge in [0.1, 0.15) is 0 Å². The Morgan fingerprint density at radius 3 is 2.52 bits per heavy atom. The summed E-state index contributed by atoms with van der Waals surface area (Å²) in [6.45, 7) is 6.58. The van der Waals surface area contributed by atoms with Crippen LogP contribution in [-0.4, -0.2) is 60.7 Å². The van der Waals surface area contributed by atoms with Gasteiger partial charge in [0, 0.05) is 38.4 Å². The Hall–Kier alpha value is -2.47. The molecule has 0 bridgehead atoms. The SMILES string of the molecule is COC(=O)c1cc(C)nc(N2CCN(CCc3ccccc3)CC2)n1. The van der Waals surface area contributed by atoms with Crippen molar-refractivity contribution in [2.75, 3.05) is 44.7 Å². The third kappa shape index (κ3) is 4.54. The fourth-order valence-electron chi connectivity index (χ4n) is 3.01. The molecule has 0 amide bonds. The molecule has 2 heterocycles. The molecule has 2 aromatic rings. The number of anilines is 1. The number of piperazine rings is 1. The molecule has 0 spiro atoms. The molecule has 0 unspecified atom stereocenters. The van der Waals surface area contributed by atoms with E-state index in [2.05, 4.69) is 44.0 Å². The van der Waals surface area contributed by atoms with E-state index in [1.807, 2.05) is 13.0 Å². The van der Waals surface area contributed by atoms with Crippen molar-refractivity contribution in [2.45, 2.75) is 13.3 Å². The molecule has 1 fully saturated rings. The Labute approximate surface area is 148 Å². The molecule has 0 aliphatic carbocycles. The highest BCUT2D eigenvalue weighted by atomic mass is 16.5. The van der Waals surface area contributed by atoms with Crippen LogP contribution >= 0.6 is 0 Å². The molecule has 25 heavy (non-hydrogen) atoms. The minimum absolute atomic E-state index is 0.316. The Kier molecular flexibility index (Phi) is 5.60. The van der Waals surface area contributed by atoms with E-state index in [1.165, 1.54) is 12.7 Å². The first-order valence-electron chi connectivity index (χ1n) is 8.61. The monoisotopic (exact) mass is 340 g/mol. The molecular formula is C19H24N4O2. The molecule has 132 valence electrons. The van der Waals surface area contributed by atoms with Crippen molar-refractivity contribution in [1.82, 2.24) is 14.9 Å². The van der Waals surface area contributed by atoms with E-state index in [0.717, 1.165) is 44.8 Å². The van der Waals surface area contributed by atoms with Crippen molar-refractivity contribution in [3.63, 3.8) is 0 Å². The van der Waals surface area contributed by atoms with Gasteiger partial charge in [-0.15, -0.1) is 0 Å². The second kappa shape index (κ2) is 8.07. The molecule has 0 N–H and O–H groups in total. The summed E-state index contributed by atoms with van der Waals surface area (Å²) in [5.41, 5.74) is 2.46. The molecule has 0 radical (unpaired) electrons. The van der Waals surface area contributed by atoms with Crippen LogP contribution in [0.2, 0.25) is 0 Å². The molecule has 1 aliphatic heterocycles. The van der Waals surface area contributed by atoms with E-state index in [-0.39, 0.29) is 0 Å². The highest BCUT2D eigenvalue weighted by Crippen LogP contribution is 2.14. The second-order valence-electron chi connectivity index (χ2n) is 6.25. The number of hydrogen-bond donors (Lipinski definition) is 0. The van der Waals surface area contributed by atoms with Gasteiger partial charge in [0.25, 0.3) is 0 Å². The largest absolute Gasteiger partial charge is 0.464 e. The van der Waals surface area contributed by atoms with Gasteiger partial charge in [-0.25, -0.2) is 14.8 Å². The maximum absolute atomic E-state index is 11.7. The molecule has 3 rings (SSSR count). The van der Waals surface area contributed by atoms with E-state index >= 15 is 0 Å². The van der Waals surface area contributed by atoms with Gasteiger partial charge in [0.05, 0.1) is 7.11 Å². The molecule has 1 aromatic carbocycles. The summed E-state index contributed by atoms with van der Waals surface area (Å²) < 4.78 is 4.77. The second-order valence-corrected chi connectivity index (χ2v) is 6.25. The highest BCUT2D eigenvalue weighted by molar-refractivity contribution is 5.87. The van der Waals surface area contributed by atoms with E-state index in [4.69, 9.17) is 4.74 Å². The topological polar surface area (TPSA) is 58.6 Å². The summed E-state index contributed by atoms with van der Waals surface area (Å²) in [4.78, 5) is 25.2. The summed E-state index contributed by atoms with van der Waals surface area (Å²) in [5, 5.41) is 0. The number of aryl methyl sites for hydroxylation is 1. The van der Waals surface area contributed by atoms with Crippen LogP contribution in [-0.2, 0) is 11.2 Å². The first-order chi connectivity index (χ1) is 12.2. The first kappa shape index (κ1) is 17.4. The van der Waals surface area contributed by atoms with E-state index in [9.17, 15) is 4.79 Å². The Bertz CT molecular complexity index is 713. The quantitative estimate of drug-likeness (QED) is 0.775. The summed E-state index contributed by atoms with van der Waals surface area (Å²) in [6, 6.07) is 12.2. The van der Waals surface area contributed by atoms with Gasteiger partial charge in [-0.1, -0.05) is 30.3 Å². The zero-order valence-corrected chi connectivity index (χ0v) is 14.8. The van der Waals surface area contributed by atoms with Crippen LogP contribution in [0.3, 0.4) is 0 Å². The van der Waals surface area contributed by atoms with Crippen LogP contribution in [0.15, 0.2) is 36.4 Å². The Balaban J connectivity index is 1.57. The summed E-state index contributed by atoms with van der Waals surface area (Å²) in [7, 11) is 1.37. The summed E-state index contributed by atoms with van der Waals surface area (Å²) in [5.74, 6) is 0.191. The number of carbonyl (C=O) groups excluding carboxylic acids is 1. The van der Waals surface area contributed by atoms with Gasteiger partial charge in [0.15, 0.2) is 5.69 Å². The molecule has 0 atom stereocenters. The third-order valence-corrected chi connectivity index (χ3v) is 4.45. The number of esters is 1. The van der Waals surface area contributed by atoms with Crippen molar-refractivity contribution in [1.29, 1.82) is 0 Å². The molecule has 1 aliphatic rings. The number of nitrogens with zero attached hydrogens (tertiary/aromatic N) is 4. The predicted molar refractivity (Wildman–Crippen MR) is 96.9 cm³/mol. The maximum Gasteiger partial charge on any atom is 0.356 e. The standard InChI is InChI=1S/C19H24N4O2/c1-15-14-17(18(24)25-2)21-19(20-15)23-12-10-22(11-13-23)9-8-16-6-4-3-5-7-16/h3-7,14H,8-13H2,1-2H3. The van der Waals surface area contributed by atoms with Gasteiger partial charge in [-0.05, 0) is 25.0 Å². The van der Waals surface area contributed by atoms with Crippen LogP contribution in [0.25, 0.3) is 0 Å². The number of rotatable bonds is 5. The first-order valence-corrected chi connectivity index (χ1v) is 8.61. The minimum Gasteiger partial charge on any atom is -0.464 e. The summed E-state index contributed by atoms with van der Waals surface area (Å²) in [6.07, 6.45) is 1.06. The van der Waals surface area contributed by atoms with Crippen LogP contribution in [0.1, 0.15) is 21.7 Å². The zero-order valence-electron chi connectivity index (χ0n) is 14.8. The van der Waals surface area contributed by atoms with Crippen LogP contribution in [0.5, 0.6) is 0 Å². The number of hydrogen-bond acceptors (Lipinski definition) is 6. The van der Waals surface area contributed by atoms with Gasteiger partial charge >= 0.3 is 5.97 Å². The fraction of sp³-hybridized carbons (Fsp3) is 0.421. The lowest BCUT2D eigenvalue weighted by atomic mass is 10.1. The number of benzene rings is 1. The van der Waals surface area contributed by atoms with Crippen molar-refractivity contribution >= 4 is 11.9 Å². The van der Waals surface area contributed by atoms with Gasteiger partial charge in [0.2, 0.25) is 5.95 Å². The molecular weight excluding hydrogens is 316 g/mol. The maximum atomic E-state index is 11.7. The molecule has 6 heteroatoms. The minimum atomic E-state index is -0.423. The van der Waals surface area contributed by atoms with Gasteiger partial charge in [-0.2, -0.15) is 0 Å². The van der Waals surface area contributed by atoms with Crippen molar-refractivity contribution < 1.29 is 9.53 Å². The van der Waals surface area contributed by atoms with E-state index in [1.54, 1.807) is 6.07 Å². The van der Waals surface area contributed by atoms with Crippen molar-refractivity contribution in [3.8, 4) is 0 Å².